The Labute approximate surface area is 176 Å². The summed E-state index contributed by atoms with van der Waals surface area (Å²) >= 11 is 3.15. The molecule has 0 saturated carbocycles. The Balaban J connectivity index is 1.42. The first-order valence-corrected chi connectivity index (χ1v) is 11.0. The fourth-order valence-electron chi connectivity index (χ4n) is 2.76. The second kappa shape index (κ2) is 9.01. The van der Waals surface area contributed by atoms with Crippen molar-refractivity contribution in [2.75, 3.05) is 11.1 Å². The highest BCUT2D eigenvalue weighted by Crippen LogP contribution is 2.22. The zero-order valence-electron chi connectivity index (χ0n) is 15.8. The maximum absolute atomic E-state index is 5.88. The van der Waals surface area contributed by atoms with Crippen LogP contribution in [-0.4, -0.2) is 30.1 Å². The van der Waals surface area contributed by atoms with E-state index in [0.29, 0.717) is 22.7 Å². The predicted molar refractivity (Wildman–Crippen MR) is 116 cm³/mol. The van der Waals surface area contributed by atoms with Crippen LogP contribution in [-0.2, 0) is 18.6 Å². The van der Waals surface area contributed by atoms with E-state index in [2.05, 4.69) is 59.9 Å². The van der Waals surface area contributed by atoms with E-state index in [1.54, 1.807) is 11.3 Å². The van der Waals surface area contributed by atoms with Gasteiger partial charge in [0.25, 0.3) is 0 Å². The maximum atomic E-state index is 5.88. The molecule has 4 aromatic rings. The Bertz CT molecular complexity index is 1080. The largest absolute Gasteiger partial charge is 0.368 e. The molecule has 4 N–H and O–H groups in total. The SMILES string of the molecule is CCc1ccccc1Nc1nc(N)nc(CSc2n[nH]c(Cc3cccs3)n2)n1. The lowest BCUT2D eigenvalue weighted by Gasteiger charge is -2.10. The van der Waals surface area contributed by atoms with Crippen LogP contribution in [0.2, 0.25) is 0 Å². The number of benzene rings is 1. The van der Waals surface area contributed by atoms with Crippen molar-refractivity contribution in [2.24, 2.45) is 0 Å². The van der Waals surface area contributed by atoms with Gasteiger partial charge in [0.15, 0.2) is 0 Å². The average Bonchev–Trinajstić information content (AvgIpc) is 3.39. The lowest BCUT2D eigenvalue weighted by atomic mass is 10.1. The van der Waals surface area contributed by atoms with Gasteiger partial charge >= 0.3 is 0 Å². The first-order valence-electron chi connectivity index (χ1n) is 9.11. The molecule has 10 heteroatoms. The van der Waals surface area contributed by atoms with E-state index >= 15 is 0 Å². The van der Waals surface area contributed by atoms with Crippen LogP contribution in [0.4, 0.5) is 17.6 Å². The minimum atomic E-state index is 0.181. The van der Waals surface area contributed by atoms with Gasteiger partial charge in [-0.1, -0.05) is 43.0 Å². The van der Waals surface area contributed by atoms with Crippen LogP contribution in [0.3, 0.4) is 0 Å². The molecule has 29 heavy (non-hydrogen) atoms. The molecule has 3 heterocycles. The number of nitrogens with two attached hydrogens (primary N) is 1. The Morgan fingerprint density at radius 3 is 2.83 bits per heavy atom. The summed E-state index contributed by atoms with van der Waals surface area (Å²) < 4.78 is 0. The molecule has 0 fully saturated rings. The lowest BCUT2D eigenvalue weighted by molar-refractivity contribution is 0.951. The Morgan fingerprint density at radius 1 is 1.10 bits per heavy atom. The summed E-state index contributed by atoms with van der Waals surface area (Å²) in [5, 5.41) is 13.2. The van der Waals surface area contributed by atoms with Gasteiger partial charge in [0.2, 0.25) is 17.1 Å². The highest BCUT2D eigenvalue weighted by molar-refractivity contribution is 7.98. The van der Waals surface area contributed by atoms with Crippen molar-refractivity contribution in [1.29, 1.82) is 0 Å². The Kier molecular flexibility index (Phi) is 6.01. The van der Waals surface area contributed by atoms with Crippen LogP contribution >= 0.6 is 23.1 Å². The second-order valence-corrected chi connectivity index (χ2v) is 8.15. The first kappa shape index (κ1) is 19.3. The molecule has 4 rings (SSSR count). The van der Waals surface area contributed by atoms with Crippen molar-refractivity contribution >= 4 is 40.7 Å². The number of aromatic amines is 1. The van der Waals surface area contributed by atoms with Crippen LogP contribution in [0.5, 0.6) is 0 Å². The molecule has 0 saturated heterocycles. The molecule has 0 unspecified atom stereocenters. The quantitative estimate of drug-likeness (QED) is 0.365. The monoisotopic (exact) mass is 424 g/mol. The van der Waals surface area contributed by atoms with Crippen molar-refractivity contribution in [2.45, 2.75) is 30.7 Å². The summed E-state index contributed by atoms with van der Waals surface area (Å²) in [5.74, 6) is 2.52. The van der Waals surface area contributed by atoms with Crippen LogP contribution < -0.4 is 11.1 Å². The molecular formula is C19H20N8S2. The molecule has 0 aliphatic rings. The molecule has 0 aliphatic heterocycles. The topological polar surface area (TPSA) is 118 Å². The third-order valence-corrected chi connectivity index (χ3v) is 5.83. The smallest absolute Gasteiger partial charge is 0.232 e. The number of nitrogens with zero attached hydrogens (tertiary/aromatic N) is 5. The maximum Gasteiger partial charge on any atom is 0.232 e. The zero-order valence-corrected chi connectivity index (χ0v) is 17.4. The number of rotatable bonds is 8. The fourth-order valence-corrected chi connectivity index (χ4v) is 4.14. The normalized spacial score (nSPS) is 10.9. The predicted octanol–water partition coefficient (Wildman–Crippen LogP) is 3.82. The van der Waals surface area contributed by atoms with Crippen LogP contribution in [0.15, 0.2) is 46.9 Å². The number of thiophene rings is 1. The number of anilines is 3. The van der Waals surface area contributed by atoms with E-state index in [1.807, 2.05) is 24.3 Å². The standard InChI is InChI=1S/C19H20N8S2/c1-2-12-6-3-4-8-14(12)21-18-23-16(22-17(20)25-18)11-29-19-24-15(26-27-19)10-13-7-5-9-28-13/h3-9H,2,10-11H2,1H3,(H,24,26,27)(H3,20,21,22,23,25). The number of para-hydroxylation sites is 1. The number of hydrogen-bond acceptors (Lipinski definition) is 9. The van der Waals surface area contributed by atoms with Gasteiger partial charge in [0, 0.05) is 17.0 Å². The van der Waals surface area contributed by atoms with Gasteiger partial charge in [-0.2, -0.15) is 15.0 Å². The molecule has 0 radical (unpaired) electrons. The van der Waals surface area contributed by atoms with Gasteiger partial charge in [-0.3, -0.25) is 5.10 Å². The average molecular weight is 425 g/mol. The minimum absolute atomic E-state index is 0.181. The molecular weight excluding hydrogens is 404 g/mol. The van der Waals surface area contributed by atoms with Crippen molar-refractivity contribution in [1.82, 2.24) is 30.1 Å². The number of nitrogens with one attached hydrogen (secondary N) is 2. The summed E-state index contributed by atoms with van der Waals surface area (Å²) in [6, 6.07) is 12.2. The summed E-state index contributed by atoms with van der Waals surface area (Å²) in [6.07, 6.45) is 1.65. The van der Waals surface area contributed by atoms with Gasteiger partial charge < -0.3 is 11.1 Å². The molecule has 0 bridgehead atoms. The molecule has 1 aromatic carbocycles. The fraction of sp³-hybridized carbons (Fsp3) is 0.211. The number of aromatic nitrogens is 6. The molecule has 8 nitrogen and oxygen atoms in total. The third kappa shape index (κ3) is 5.09. The van der Waals surface area contributed by atoms with Crippen molar-refractivity contribution < 1.29 is 0 Å². The summed E-state index contributed by atoms with van der Waals surface area (Å²) in [5.41, 5.74) is 8.03. The van der Waals surface area contributed by atoms with Crippen LogP contribution in [0.25, 0.3) is 0 Å². The Morgan fingerprint density at radius 2 is 2.00 bits per heavy atom. The van der Waals surface area contributed by atoms with E-state index in [0.717, 1.165) is 24.4 Å². The van der Waals surface area contributed by atoms with E-state index < -0.39 is 0 Å². The summed E-state index contributed by atoms with van der Waals surface area (Å²) in [6.45, 7) is 2.11. The lowest BCUT2D eigenvalue weighted by Crippen LogP contribution is -2.07. The van der Waals surface area contributed by atoms with Gasteiger partial charge in [-0.25, -0.2) is 4.98 Å². The minimum Gasteiger partial charge on any atom is -0.368 e. The van der Waals surface area contributed by atoms with Gasteiger partial charge in [-0.05, 0) is 29.5 Å². The first-order chi connectivity index (χ1) is 14.2. The molecule has 0 atom stereocenters. The molecule has 148 valence electrons. The number of hydrogen-bond donors (Lipinski definition) is 3. The highest BCUT2D eigenvalue weighted by atomic mass is 32.2. The molecule has 3 aromatic heterocycles. The number of nitrogen functional groups attached to an aromatic ring is 1. The number of thioether (sulfide) groups is 1. The van der Waals surface area contributed by atoms with E-state index in [4.69, 9.17) is 5.73 Å². The number of aryl methyl sites for hydroxylation is 1. The van der Waals surface area contributed by atoms with Gasteiger partial charge in [0.05, 0.1) is 5.75 Å². The van der Waals surface area contributed by atoms with E-state index in [1.165, 1.54) is 22.2 Å². The van der Waals surface area contributed by atoms with E-state index in [9.17, 15) is 0 Å². The molecule has 0 amide bonds. The summed E-state index contributed by atoms with van der Waals surface area (Å²) in [7, 11) is 0. The van der Waals surface area contributed by atoms with Gasteiger partial charge in [0.1, 0.15) is 11.6 Å². The van der Waals surface area contributed by atoms with Crippen molar-refractivity contribution in [3.8, 4) is 0 Å². The molecule has 0 aliphatic carbocycles. The zero-order chi connectivity index (χ0) is 20.1. The third-order valence-electron chi connectivity index (χ3n) is 4.11. The van der Waals surface area contributed by atoms with E-state index in [-0.39, 0.29) is 5.95 Å². The van der Waals surface area contributed by atoms with Crippen LogP contribution in [0.1, 0.15) is 29.0 Å². The van der Waals surface area contributed by atoms with Crippen LogP contribution in [0, 0.1) is 0 Å². The molecule has 0 spiro atoms. The second-order valence-electron chi connectivity index (χ2n) is 6.18. The Hall–Kier alpha value is -2.98. The highest BCUT2D eigenvalue weighted by Gasteiger charge is 2.10. The van der Waals surface area contributed by atoms with Crippen molar-refractivity contribution in [3.63, 3.8) is 0 Å². The van der Waals surface area contributed by atoms with Gasteiger partial charge in [-0.15, -0.1) is 16.4 Å². The summed E-state index contributed by atoms with van der Waals surface area (Å²) in [4.78, 5) is 18.7. The number of H-pyrrole nitrogens is 1. The van der Waals surface area contributed by atoms with Crippen molar-refractivity contribution in [3.05, 3.63) is 63.9 Å².